The Morgan fingerprint density at radius 2 is 1.94 bits per heavy atom. The van der Waals surface area contributed by atoms with Gasteiger partial charge in [0.1, 0.15) is 0 Å². The lowest BCUT2D eigenvalue weighted by Crippen LogP contribution is -2.58. The first-order chi connectivity index (χ1) is 8.02. The van der Waals surface area contributed by atoms with Gasteiger partial charge in [-0.2, -0.15) is 0 Å². The van der Waals surface area contributed by atoms with Gasteiger partial charge in [-0.25, -0.2) is 0 Å². The molecule has 4 heteroatoms. The fraction of sp³-hybridized carbons (Fsp3) is 0.923. The highest BCUT2D eigenvalue weighted by molar-refractivity contribution is 7.80. The molecule has 0 bridgehead atoms. The Balaban J connectivity index is 2.37. The van der Waals surface area contributed by atoms with E-state index in [-0.39, 0.29) is 0 Å². The molecule has 0 unspecified atom stereocenters. The maximum absolute atomic E-state index is 5.41. The zero-order chi connectivity index (χ0) is 12.9. The van der Waals surface area contributed by atoms with Gasteiger partial charge < -0.3 is 15.1 Å². The molecule has 0 heterocycles. The largest absolute Gasteiger partial charge is 0.363 e. The van der Waals surface area contributed by atoms with Gasteiger partial charge in [-0.05, 0) is 52.0 Å². The molecular weight excluding hydrogens is 230 g/mol. The number of hydrogen-bond acceptors (Lipinski definition) is 2. The Morgan fingerprint density at radius 3 is 2.35 bits per heavy atom. The van der Waals surface area contributed by atoms with Crippen LogP contribution in [0.2, 0.25) is 0 Å². The van der Waals surface area contributed by atoms with E-state index >= 15 is 0 Å². The molecule has 0 aromatic rings. The number of nitrogens with zero attached hydrogens (tertiary/aromatic N) is 2. The first-order valence-corrected chi connectivity index (χ1v) is 7.09. The summed E-state index contributed by atoms with van der Waals surface area (Å²) in [6, 6.07) is 0. The normalized spacial score (nSPS) is 17.7. The van der Waals surface area contributed by atoms with E-state index in [0.717, 1.165) is 18.2 Å². The van der Waals surface area contributed by atoms with Crippen LogP contribution in [0.5, 0.6) is 0 Å². The van der Waals surface area contributed by atoms with Crippen LogP contribution in [0.4, 0.5) is 0 Å². The predicted molar refractivity (Wildman–Crippen MR) is 78.4 cm³/mol. The zero-order valence-corrected chi connectivity index (χ0v) is 12.6. The van der Waals surface area contributed by atoms with Gasteiger partial charge >= 0.3 is 0 Å². The molecule has 0 atom stereocenters. The lowest BCUT2D eigenvalue weighted by atomic mass is 9.75. The molecule has 0 aliphatic heterocycles. The van der Waals surface area contributed by atoms with Crippen LogP contribution in [0.25, 0.3) is 0 Å². The van der Waals surface area contributed by atoms with Crippen molar-refractivity contribution in [2.24, 2.45) is 0 Å². The number of rotatable bonds is 6. The van der Waals surface area contributed by atoms with Crippen molar-refractivity contribution in [1.29, 1.82) is 0 Å². The second kappa shape index (κ2) is 6.55. The van der Waals surface area contributed by atoms with E-state index in [4.69, 9.17) is 12.2 Å². The first kappa shape index (κ1) is 14.7. The van der Waals surface area contributed by atoms with Crippen LogP contribution >= 0.6 is 12.2 Å². The molecule has 1 fully saturated rings. The molecule has 0 spiro atoms. The van der Waals surface area contributed by atoms with Crippen molar-refractivity contribution >= 4 is 17.3 Å². The molecular formula is C13H27N3S. The predicted octanol–water partition coefficient (Wildman–Crippen LogP) is 2.08. The second-order valence-electron chi connectivity index (χ2n) is 5.41. The summed E-state index contributed by atoms with van der Waals surface area (Å²) in [6.07, 6.45) is 6.33. The highest BCUT2D eigenvalue weighted by Gasteiger charge is 2.40. The fourth-order valence-corrected chi connectivity index (χ4v) is 2.52. The quantitative estimate of drug-likeness (QED) is 0.580. The van der Waals surface area contributed by atoms with Crippen LogP contribution in [-0.2, 0) is 0 Å². The van der Waals surface area contributed by atoms with Crippen molar-refractivity contribution < 1.29 is 0 Å². The number of nitrogens with one attached hydrogen (secondary N) is 1. The number of unbranched alkanes of at least 4 members (excludes halogenated alkanes) is 1. The molecule has 1 saturated carbocycles. The standard InChI is InChI=1S/C13H27N3S/c1-5-6-10-14-12(17)16(4)11-13(15(2)3)8-7-9-13/h5-11H2,1-4H3,(H,14,17). The van der Waals surface area contributed by atoms with Crippen molar-refractivity contribution in [3.63, 3.8) is 0 Å². The molecule has 0 saturated heterocycles. The van der Waals surface area contributed by atoms with Gasteiger partial charge in [-0.1, -0.05) is 13.3 Å². The maximum Gasteiger partial charge on any atom is 0.168 e. The van der Waals surface area contributed by atoms with Crippen molar-refractivity contribution in [1.82, 2.24) is 15.1 Å². The second-order valence-corrected chi connectivity index (χ2v) is 5.80. The van der Waals surface area contributed by atoms with E-state index in [0.29, 0.717) is 5.54 Å². The number of thiocarbonyl (C=S) groups is 1. The van der Waals surface area contributed by atoms with Crippen LogP contribution < -0.4 is 5.32 Å². The molecule has 0 radical (unpaired) electrons. The Hall–Kier alpha value is -0.350. The highest BCUT2D eigenvalue weighted by Crippen LogP contribution is 2.36. The third kappa shape index (κ3) is 3.81. The summed E-state index contributed by atoms with van der Waals surface area (Å²) in [5.41, 5.74) is 0.352. The molecule has 1 N–H and O–H groups in total. The van der Waals surface area contributed by atoms with Crippen LogP contribution in [0.3, 0.4) is 0 Å². The number of hydrogen-bond donors (Lipinski definition) is 1. The van der Waals surface area contributed by atoms with E-state index in [1.54, 1.807) is 0 Å². The summed E-state index contributed by atoms with van der Waals surface area (Å²) in [7, 11) is 6.46. The molecule has 1 aliphatic carbocycles. The summed E-state index contributed by atoms with van der Waals surface area (Å²) >= 11 is 5.41. The number of likely N-dealkylation sites (N-methyl/N-ethyl adjacent to an activating group) is 2. The van der Waals surface area contributed by atoms with E-state index in [1.807, 2.05) is 0 Å². The minimum atomic E-state index is 0.352. The van der Waals surface area contributed by atoms with Crippen molar-refractivity contribution in [2.45, 2.75) is 44.6 Å². The summed E-state index contributed by atoms with van der Waals surface area (Å²) in [5.74, 6) is 0. The summed E-state index contributed by atoms with van der Waals surface area (Å²) in [4.78, 5) is 4.56. The SMILES string of the molecule is CCCCNC(=S)N(C)CC1(N(C)C)CCC1. The minimum absolute atomic E-state index is 0.352. The Morgan fingerprint density at radius 1 is 1.29 bits per heavy atom. The van der Waals surface area contributed by atoms with Gasteiger partial charge in [0.2, 0.25) is 0 Å². The molecule has 0 aromatic carbocycles. The lowest BCUT2D eigenvalue weighted by molar-refractivity contribution is 0.0429. The van der Waals surface area contributed by atoms with E-state index in [9.17, 15) is 0 Å². The molecule has 0 aromatic heterocycles. The zero-order valence-electron chi connectivity index (χ0n) is 11.8. The monoisotopic (exact) mass is 257 g/mol. The highest BCUT2D eigenvalue weighted by atomic mass is 32.1. The molecule has 100 valence electrons. The van der Waals surface area contributed by atoms with Crippen LogP contribution in [0, 0.1) is 0 Å². The van der Waals surface area contributed by atoms with Gasteiger partial charge in [0.05, 0.1) is 0 Å². The van der Waals surface area contributed by atoms with Gasteiger partial charge in [-0.15, -0.1) is 0 Å². The smallest absolute Gasteiger partial charge is 0.168 e. The average molecular weight is 257 g/mol. The van der Waals surface area contributed by atoms with Gasteiger partial charge in [0, 0.05) is 25.7 Å². The van der Waals surface area contributed by atoms with Crippen LogP contribution in [0.1, 0.15) is 39.0 Å². The van der Waals surface area contributed by atoms with Gasteiger partial charge in [0.15, 0.2) is 5.11 Å². The Bertz CT molecular complexity index is 249. The van der Waals surface area contributed by atoms with Crippen molar-refractivity contribution in [3.05, 3.63) is 0 Å². The summed E-state index contributed by atoms with van der Waals surface area (Å²) < 4.78 is 0. The maximum atomic E-state index is 5.41. The van der Waals surface area contributed by atoms with Crippen molar-refractivity contribution in [2.75, 3.05) is 34.2 Å². The summed E-state index contributed by atoms with van der Waals surface area (Å²) in [5, 5.41) is 4.23. The Kier molecular flexibility index (Phi) is 5.67. The van der Waals surface area contributed by atoms with Gasteiger partial charge in [-0.3, -0.25) is 0 Å². The lowest BCUT2D eigenvalue weighted by Gasteiger charge is -2.49. The van der Waals surface area contributed by atoms with E-state index in [2.05, 4.69) is 43.2 Å². The third-order valence-corrected chi connectivity index (χ3v) is 4.37. The Labute approximate surface area is 112 Å². The van der Waals surface area contributed by atoms with E-state index < -0.39 is 0 Å². The average Bonchev–Trinajstić information content (AvgIpc) is 2.22. The molecule has 3 nitrogen and oxygen atoms in total. The first-order valence-electron chi connectivity index (χ1n) is 6.68. The van der Waals surface area contributed by atoms with Crippen LogP contribution in [0.15, 0.2) is 0 Å². The molecule has 1 aliphatic rings. The van der Waals surface area contributed by atoms with E-state index in [1.165, 1.54) is 32.1 Å². The minimum Gasteiger partial charge on any atom is -0.363 e. The molecule has 1 rings (SSSR count). The van der Waals surface area contributed by atoms with Crippen molar-refractivity contribution in [3.8, 4) is 0 Å². The molecule has 17 heavy (non-hydrogen) atoms. The van der Waals surface area contributed by atoms with Gasteiger partial charge in [0.25, 0.3) is 0 Å². The summed E-state index contributed by atoms with van der Waals surface area (Å²) in [6.45, 7) is 4.23. The van der Waals surface area contributed by atoms with Crippen LogP contribution in [-0.4, -0.2) is 54.7 Å². The fourth-order valence-electron chi connectivity index (χ4n) is 2.35. The third-order valence-electron chi connectivity index (χ3n) is 3.92. The molecule has 0 amide bonds. The topological polar surface area (TPSA) is 18.5 Å².